The van der Waals surface area contributed by atoms with Crippen molar-refractivity contribution < 1.29 is 63.9 Å². The third kappa shape index (κ3) is 11.0. The molecule has 0 radical (unpaired) electrons. The first-order valence-electron chi connectivity index (χ1n) is 15.4. The molecule has 0 unspecified atom stereocenters. The fraction of sp³-hybridized carbons (Fsp3) is 0.394. The first-order valence-corrected chi connectivity index (χ1v) is 16.8. The summed E-state index contributed by atoms with van der Waals surface area (Å²) in [6.07, 6.45) is -0.654. The van der Waals surface area contributed by atoms with Crippen LogP contribution in [0.4, 0.5) is 22.8 Å². The molecule has 17 heteroatoms. The van der Waals surface area contributed by atoms with Gasteiger partial charge in [-0.3, -0.25) is 9.80 Å². The van der Waals surface area contributed by atoms with Gasteiger partial charge in [-0.15, -0.1) is 0 Å². The van der Waals surface area contributed by atoms with E-state index in [0.717, 1.165) is 22.5 Å². The zero-order valence-electron chi connectivity index (χ0n) is 27.6. The average Bonchev–Trinajstić information content (AvgIpc) is 3.72. The SMILES string of the molecule is CCOC(=O)C1=C(CC)CN(C(=O)OCc2ccccc2)C1.CCOC(=O)C1=C(OS(=O)(=O)C(F)(F)F)CN(C(=O)OCc2ccccc2)C1. The van der Waals surface area contributed by atoms with Gasteiger partial charge in [0.2, 0.25) is 0 Å². The van der Waals surface area contributed by atoms with Crippen molar-refractivity contribution in [2.24, 2.45) is 0 Å². The molecular weight excluding hydrogens is 689 g/mol. The summed E-state index contributed by atoms with van der Waals surface area (Å²) >= 11 is 0. The van der Waals surface area contributed by atoms with E-state index in [4.69, 9.17) is 14.2 Å². The van der Waals surface area contributed by atoms with Gasteiger partial charge in [0.25, 0.3) is 0 Å². The topological polar surface area (TPSA) is 155 Å². The zero-order valence-corrected chi connectivity index (χ0v) is 28.4. The van der Waals surface area contributed by atoms with Gasteiger partial charge in [-0.25, -0.2) is 19.2 Å². The van der Waals surface area contributed by atoms with Gasteiger partial charge in [-0.2, -0.15) is 21.6 Å². The molecule has 2 aliphatic heterocycles. The van der Waals surface area contributed by atoms with Crippen LogP contribution in [0, 0.1) is 0 Å². The molecule has 0 N–H and O–H groups in total. The van der Waals surface area contributed by atoms with Gasteiger partial charge in [0.15, 0.2) is 5.76 Å². The molecule has 0 atom stereocenters. The van der Waals surface area contributed by atoms with E-state index in [-0.39, 0.29) is 32.3 Å². The molecular formula is C33H37F3N2O11S. The second kappa shape index (κ2) is 18.1. The predicted octanol–water partition coefficient (Wildman–Crippen LogP) is 5.23. The molecule has 2 amide bonds. The normalized spacial score (nSPS) is 14.5. The Kier molecular flexibility index (Phi) is 14.2. The second-order valence-corrected chi connectivity index (χ2v) is 12.1. The lowest BCUT2D eigenvalue weighted by atomic mass is 10.1. The first-order chi connectivity index (χ1) is 23.7. The lowest BCUT2D eigenvalue weighted by molar-refractivity contribution is -0.139. The van der Waals surface area contributed by atoms with Gasteiger partial charge in [0.1, 0.15) is 13.2 Å². The van der Waals surface area contributed by atoms with Crippen LogP contribution in [0.1, 0.15) is 38.3 Å². The molecule has 272 valence electrons. The minimum atomic E-state index is -6.01. The van der Waals surface area contributed by atoms with Crippen molar-refractivity contribution in [3.05, 3.63) is 94.3 Å². The maximum Gasteiger partial charge on any atom is 0.534 e. The van der Waals surface area contributed by atoms with Crippen molar-refractivity contribution in [3.63, 3.8) is 0 Å². The molecule has 2 aromatic rings. The summed E-state index contributed by atoms with van der Waals surface area (Å²) in [7, 11) is -6.01. The summed E-state index contributed by atoms with van der Waals surface area (Å²) in [5.41, 5.74) is -3.09. The van der Waals surface area contributed by atoms with E-state index < -0.39 is 58.2 Å². The van der Waals surface area contributed by atoms with Crippen molar-refractivity contribution in [1.29, 1.82) is 0 Å². The Balaban J connectivity index is 0.000000278. The van der Waals surface area contributed by atoms with E-state index in [2.05, 4.69) is 8.92 Å². The van der Waals surface area contributed by atoms with Crippen LogP contribution in [0.15, 0.2) is 83.1 Å². The van der Waals surface area contributed by atoms with E-state index in [1.165, 1.54) is 11.8 Å². The molecule has 0 fully saturated rings. The number of ether oxygens (including phenoxy) is 4. The zero-order chi connectivity index (χ0) is 36.9. The highest BCUT2D eigenvalue weighted by Crippen LogP contribution is 2.30. The Morgan fingerprint density at radius 1 is 0.660 bits per heavy atom. The quantitative estimate of drug-likeness (QED) is 0.129. The number of rotatable bonds is 11. The number of carbonyl (C=O) groups is 4. The second-order valence-electron chi connectivity index (χ2n) is 10.6. The summed E-state index contributed by atoms with van der Waals surface area (Å²) in [4.78, 5) is 50.5. The molecule has 2 aliphatic rings. The number of carbonyl (C=O) groups excluding carboxylic acids is 4. The molecule has 0 saturated heterocycles. The first kappa shape index (κ1) is 39.4. The highest BCUT2D eigenvalue weighted by Gasteiger charge is 2.50. The lowest BCUT2D eigenvalue weighted by Gasteiger charge is -2.16. The van der Waals surface area contributed by atoms with E-state index in [1.54, 1.807) is 37.3 Å². The molecule has 2 aromatic carbocycles. The van der Waals surface area contributed by atoms with Gasteiger partial charge >= 0.3 is 39.8 Å². The van der Waals surface area contributed by atoms with Crippen molar-refractivity contribution in [3.8, 4) is 0 Å². The fourth-order valence-electron chi connectivity index (χ4n) is 4.57. The minimum absolute atomic E-state index is 0.111. The summed E-state index contributed by atoms with van der Waals surface area (Å²) < 4.78 is 84.3. The Bertz CT molecular complexity index is 1680. The van der Waals surface area contributed by atoms with E-state index in [0.29, 0.717) is 24.3 Å². The van der Waals surface area contributed by atoms with Crippen molar-refractivity contribution in [2.45, 2.75) is 45.9 Å². The molecule has 0 bridgehead atoms. The Morgan fingerprint density at radius 3 is 1.54 bits per heavy atom. The Morgan fingerprint density at radius 2 is 1.10 bits per heavy atom. The average molecular weight is 727 g/mol. The number of benzene rings is 2. The molecule has 0 aliphatic carbocycles. The van der Waals surface area contributed by atoms with Gasteiger partial charge in [-0.05, 0) is 37.0 Å². The number of hydrogen-bond acceptors (Lipinski definition) is 11. The maximum absolute atomic E-state index is 12.6. The number of amides is 2. The lowest BCUT2D eigenvalue weighted by Crippen LogP contribution is -2.31. The molecule has 0 aromatic heterocycles. The maximum atomic E-state index is 12.6. The summed E-state index contributed by atoms with van der Waals surface area (Å²) in [6.45, 7) is 4.98. The van der Waals surface area contributed by atoms with Gasteiger partial charge < -0.3 is 23.1 Å². The Labute approximate surface area is 287 Å². The highest BCUT2D eigenvalue weighted by atomic mass is 32.2. The number of alkyl halides is 3. The predicted molar refractivity (Wildman–Crippen MR) is 170 cm³/mol. The van der Waals surface area contributed by atoms with E-state index >= 15 is 0 Å². The van der Waals surface area contributed by atoms with Crippen LogP contribution < -0.4 is 0 Å². The van der Waals surface area contributed by atoms with Crippen LogP contribution in [-0.2, 0) is 56.1 Å². The Hall–Kier alpha value is -5.06. The van der Waals surface area contributed by atoms with Crippen LogP contribution in [-0.4, -0.2) is 87.2 Å². The minimum Gasteiger partial charge on any atom is -0.463 e. The fourth-order valence-corrected chi connectivity index (χ4v) is 5.09. The monoisotopic (exact) mass is 726 g/mol. The summed E-state index contributed by atoms with van der Waals surface area (Å²) in [6, 6.07) is 18.1. The largest absolute Gasteiger partial charge is 0.534 e. The van der Waals surface area contributed by atoms with Gasteiger partial charge in [0, 0.05) is 6.54 Å². The van der Waals surface area contributed by atoms with Crippen LogP contribution in [0.5, 0.6) is 0 Å². The van der Waals surface area contributed by atoms with Crippen LogP contribution >= 0.6 is 0 Å². The summed E-state index contributed by atoms with van der Waals surface area (Å²) in [5.74, 6) is -2.27. The molecule has 2 heterocycles. The molecule has 4 rings (SSSR count). The smallest absolute Gasteiger partial charge is 0.463 e. The number of nitrogens with zero attached hydrogens (tertiary/aromatic N) is 2. The molecule has 0 spiro atoms. The van der Waals surface area contributed by atoms with Gasteiger partial charge in [-0.1, -0.05) is 67.6 Å². The third-order valence-corrected chi connectivity index (χ3v) is 8.06. The van der Waals surface area contributed by atoms with E-state index in [9.17, 15) is 40.8 Å². The van der Waals surface area contributed by atoms with Crippen LogP contribution in [0.3, 0.4) is 0 Å². The van der Waals surface area contributed by atoms with Gasteiger partial charge in [0.05, 0.1) is 44.0 Å². The molecule has 0 saturated carbocycles. The number of hydrogen-bond donors (Lipinski definition) is 0. The number of halogens is 3. The number of esters is 2. The van der Waals surface area contributed by atoms with Crippen LogP contribution in [0.25, 0.3) is 0 Å². The standard InChI is InChI=1S/C17H21NO4.C16H16F3NO7S/c1-3-14-10-18(11-15(14)16(19)21-4-2)17(20)22-12-13-8-6-5-7-9-13;1-2-25-14(21)12-8-20(9-13(12)27-28(23,24)16(17,18)19)15(22)26-10-11-6-4-3-5-7-11/h5-9H,3-4,10-12H2,1-2H3;3-7H,2,8-10H2,1H3. The molecule has 50 heavy (non-hydrogen) atoms. The highest BCUT2D eigenvalue weighted by molar-refractivity contribution is 7.87. The van der Waals surface area contributed by atoms with Crippen molar-refractivity contribution >= 4 is 34.2 Å². The molecule has 13 nitrogen and oxygen atoms in total. The van der Waals surface area contributed by atoms with Crippen molar-refractivity contribution in [1.82, 2.24) is 9.80 Å². The van der Waals surface area contributed by atoms with Crippen molar-refractivity contribution in [2.75, 3.05) is 39.4 Å². The van der Waals surface area contributed by atoms with Crippen LogP contribution in [0.2, 0.25) is 0 Å². The summed E-state index contributed by atoms with van der Waals surface area (Å²) in [5, 5.41) is 0. The third-order valence-electron chi connectivity index (χ3n) is 7.07. The van der Waals surface area contributed by atoms with E-state index in [1.807, 2.05) is 37.3 Å².